The lowest BCUT2D eigenvalue weighted by atomic mass is 10.3. The molecule has 0 amide bonds. The van der Waals surface area contributed by atoms with Gasteiger partial charge in [0, 0.05) is 0 Å². The van der Waals surface area contributed by atoms with Crippen LogP contribution in [0.15, 0.2) is 30.3 Å². The van der Waals surface area contributed by atoms with Crippen LogP contribution < -0.4 is 4.74 Å². The Balaban J connectivity index is 1.77. The van der Waals surface area contributed by atoms with Crippen LogP contribution in [0.4, 0.5) is 0 Å². The molecular formula is C18H26O8. The Morgan fingerprint density at radius 1 is 0.731 bits per heavy atom. The minimum atomic E-state index is -1.02. The van der Waals surface area contributed by atoms with Crippen molar-refractivity contribution in [2.75, 3.05) is 52.9 Å². The lowest BCUT2D eigenvalue weighted by Gasteiger charge is -2.08. The summed E-state index contributed by atoms with van der Waals surface area (Å²) in [4.78, 5) is 21.4. The minimum Gasteiger partial charge on any atom is -0.491 e. The number of ether oxygens (including phenoxy) is 5. The van der Waals surface area contributed by atoms with E-state index in [2.05, 4.69) is 0 Å². The molecule has 8 nitrogen and oxygen atoms in total. The van der Waals surface area contributed by atoms with Crippen LogP contribution in [-0.4, -0.2) is 69.9 Å². The average Bonchev–Trinajstić information content (AvgIpc) is 2.64. The fourth-order valence-electron chi connectivity index (χ4n) is 1.77. The van der Waals surface area contributed by atoms with Crippen LogP contribution in [-0.2, 0) is 28.5 Å². The number of carboxylic acids is 1. The molecule has 0 atom stereocenters. The molecule has 0 saturated heterocycles. The summed E-state index contributed by atoms with van der Waals surface area (Å²) in [6.45, 7) is 3.04. The van der Waals surface area contributed by atoms with Crippen molar-refractivity contribution in [2.45, 2.75) is 12.8 Å². The van der Waals surface area contributed by atoms with Crippen molar-refractivity contribution in [3.05, 3.63) is 30.3 Å². The Bertz CT molecular complexity index is 491. The molecular weight excluding hydrogens is 344 g/mol. The van der Waals surface area contributed by atoms with Crippen LogP contribution in [0.5, 0.6) is 5.75 Å². The van der Waals surface area contributed by atoms with Crippen molar-refractivity contribution >= 4 is 11.9 Å². The lowest BCUT2D eigenvalue weighted by molar-refractivity contribution is -0.149. The van der Waals surface area contributed by atoms with Gasteiger partial charge >= 0.3 is 11.9 Å². The molecule has 146 valence electrons. The van der Waals surface area contributed by atoms with E-state index >= 15 is 0 Å². The van der Waals surface area contributed by atoms with Crippen molar-refractivity contribution in [1.82, 2.24) is 0 Å². The maximum Gasteiger partial charge on any atom is 0.306 e. The maximum atomic E-state index is 11.1. The monoisotopic (exact) mass is 370 g/mol. The van der Waals surface area contributed by atoms with Crippen LogP contribution in [0, 0.1) is 0 Å². The van der Waals surface area contributed by atoms with Gasteiger partial charge in [0.05, 0.1) is 52.5 Å². The highest BCUT2D eigenvalue weighted by Crippen LogP contribution is 2.07. The van der Waals surface area contributed by atoms with Crippen LogP contribution in [0.2, 0.25) is 0 Å². The number of esters is 1. The zero-order chi connectivity index (χ0) is 18.9. The first-order valence-corrected chi connectivity index (χ1v) is 8.47. The number of aliphatic carboxylic acids is 1. The molecule has 0 bridgehead atoms. The van der Waals surface area contributed by atoms with E-state index in [0.717, 1.165) is 5.75 Å². The maximum absolute atomic E-state index is 11.1. The molecule has 0 fully saturated rings. The number of carbonyl (C=O) groups is 2. The second-order valence-electron chi connectivity index (χ2n) is 5.11. The van der Waals surface area contributed by atoms with Crippen molar-refractivity contribution < 1.29 is 38.4 Å². The van der Waals surface area contributed by atoms with Crippen molar-refractivity contribution in [3.8, 4) is 5.75 Å². The van der Waals surface area contributed by atoms with Gasteiger partial charge in [0.2, 0.25) is 0 Å². The number of rotatable bonds is 16. The molecule has 26 heavy (non-hydrogen) atoms. The molecule has 0 aliphatic carbocycles. The smallest absolute Gasteiger partial charge is 0.306 e. The number of carbonyl (C=O) groups excluding carboxylic acids is 1. The normalized spacial score (nSPS) is 10.5. The van der Waals surface area contributed by atoms with Crippen molar-refractivity contribution in [1.29, 1.82) is 0 Å². The topological polar surface area (TPSA) is 101 Å². The van der Waals surface area contributed by atoms with Gasteiger partial charge in [-0.25, -0.2) is 0 Å². The highest BCUT2D eigenvalue weighted by atomic mass is 16.6. The van der Waals surface area contributed by atoms with E-state index in [0.29, 0.717) is 39.6 Å². The third kappa shape index (κ3) is 13.2. The molecule has 0 heterocycles. The molecule has 0 aliphatic rings. The van der Waals surface area contributed by atoms with Gasteiger partial charge in [0.15, 0.2) is 0 Å². The Labute approximate surface area is 152 Å². The summed E-state index contributed by atoms with van der Waals surface area (Å²) in [5.74, 6) is -0.749. The molecule has 0 saturated carbocycles. The van der Waals surface area contributed by atoms with E-state index in [1.807, 2.05) is 30.3 Å². The van der Waals surface area contributed by atoms with Gasteiger partial charge in [-0.2, -0.15) is 0 Å². The van der Waals surface area contributed by atoms with Gasteiger partial charge in [-0.3, -0.25) is 9.59 Å². The lowest BCUT2D eigenvalue weighted by Crippen LogP contribution is -2.15. The van der Waals surface area contributed by atoms with E-state index in [1.165, 1.54) is 0 Å². The Kier molecular flexibility index (Phi) is 12.7. The number of benzene rings is 1. The predicted octanol–water partition coefficient (Wildman–Crippen LogP) is 1.52. The molecule has 1 rings (SSSR count). The first-order valence-electron chi connectivity index (χ1n) is 8.47. The van der Waals surface area contributed by atoms with Crippen LogP contribution in [0.1, 0.15) is 12.8 Å². The van der Waals surface area contributed by atoms with Gasteiger partial charge in [-0.1, -0.05) is 18.2 Å². The zero-order valence-electron chi connectivity index (χ0n) is 14.8. The summed E-state index contributed by atoms with van der Waals surface area (Å²) < 4.78 is 26.2. The Hall–Kier alpha value is -2.16. The van der Waals surface area contributed by atoms with E-state index in [4.69, 9.17) is 28.8 Å². The van der Waals surface area contributed by atoms with Crippen LogP contribution >= 0.6 is 0 Å². The third-order valence-corrected chi connectivity index (χ3v) is 3.02. The molecule has 0 aromatic heterocycles. The highest BCUT2D eigenvalue weighted by molar-refractivity contribution is 5.76. The summed E-state index contributed by atoms with van der Waals surface area (Å²) >= 11 is 0. The number of carboxylic acid groups (broad SMARTS) is 1. The van der Waals surface area contributed by atoms with E-state index in [9.17, 15) is 9.59 Å². The fourth-order valence-corrected chi connectivity index (χ4v) is 1.77. The largest absolute Gasteiger partial charge is 0.491 e. The van der Waals surface area contributed by atoms with Gasteiger partial charge in [0.25, 0.3) is 0 Å². The molecule has 0 unspecified atom stereocenters. The van der Waals surface area contributed by atoms with E-state index < -0.39 is 11.9 Å². The Morgan fingerprint density at radius 2 is 1.27 bits per heavy atom. The number of para-hydroxylation sites is 1. The molecule has 0 spiro atoms. The summed E-state index contributed by atoms with van der Waals surface area (Å²) in [7, 11) is 0. The van der Waals surface area contributed by atoms with Gasteiger partial charge in [-0.05, 0) is 12.1 Å². The molecule has 0 aliphatic heterocycles. The summed E-state index contributed by atoms with van der Waals surface area (Å²) in [5.41, 5.74) is 0. The standard InChI is InChI=1S/C18H26O8/c19-17(20)6-7-18(21)26-15-13-24-11-9-22-8-10-23-12-14-25-16-4-2-1-3-5-16/h1-5H,6-15H2,(H,19,20). The second-order valence-corrected chi connectivity index (χ2v) is 5.11. The first-order chi connectivity index (χ1) is 12.7. The fraction of sp³-hybridized carbons (Fsp3) is 0.556. The number of hydrogen-bond donors (Lipinski definition) is 1. The van der Waals surface area contributed by atoms with E-state index in [-0.39, 0.29) is 26.1 Å². The van der Waals surface area contributed by atoms with Crippen LogP contribution in [0.3, 0.4) is 0 Å². The molecule has 0 radical (unpaired) electrons. The summed E-state index contributed by atoms with van der Waals surface area (Å²) in [5, 5.41) is 8.42. The van der Waals surface area contributed by atoms with Crippen molar-refractivity contribution in [2.24, 2.45) is 0 Å². The molecule has 1 aromatic rings. The average molecular weight is 370 g/mol. The SMILES string of the molecule is O=C(O)CCC(=O)OCCOCCOCCOCCOc1ccccc1. The molecule has 1 N–H and O–H groups in total. The molecule has 8 heteroatoms. The van der Waals surface area contributed by atoms with Gasteiger partial charge < -0.3 is 28.8 Å². The summed E-state index contributed by atoms with van der Waals surface area (Å²) in [6, 6.07) is 9.53. The van der Waals surface area contributed by atoms with Crippen molar-refractivity contribution in [3.63, 3.8) is 0 Å². The number of hydrogen-bond acceptors (Lipinski definition) is 7. The third-order valence-electron chi connectivity index (χ3n) is 3.02. The molecule has 1 aromatic carbocycles. The van der Waals surface area contributed by atoms with Gasteiger partial charge in [0.1, 0.15) is 19.0 Å². The second kappa shape index (κ2) is 15.1. The Morgan fingerprint density at radius 3 is 1.85 bits per heavy atom. The van der Waals surface area contributed by atoms with E-state index in [1.54, 1.807) is 0 Å². The quantitative estimate of drug-likeness (QED) is 0.345. The first kappa shape index (κ1) is 21.9. The highest BCUT2D eigenvalue weighted by Gasteiger charge is 2.05. The van der Waals surface area contributed by atoms with Gasteiger partial charge in [-0.15, -0.1) is 0 Å². The minimum absolute atomic E-state index is 0.100. The van der Waals surface area contributed by atoms with Crippen LogP contribution in [0.25, 0.3) is 0 Å². The zero-order valence-corrected chi connectivity index (χ0v) is 14.8. The summed E-state index contributed by atoms with van der Waals surface area (Å²) in [6.07, 6.45) is -0.358. The predicted molar refractivity (Wildman–Crippen MR) is 92.2 cm³/mol.